The van der Waals surface area contributed by atoms with Gasteiger partial charge in [0.2, 0.25) is 5.91 Å². The monoisotopic (exact) mass is 340 g/mol. The van der Waals surface area contributed by atoms with Crippen molar-refractivity contribution in [3.63, 3.8) is 0 Å². The average molecular weight is 340 g/mol. The maximum absolute atomic E-state index is 13.2. The van der Waals surface area contributed by atoms with Gasteiger partial charge in [0.25, 0.3) is 0 Å². The number of benzene rings is 2. The molecule has 1 fully saturated rings. The van der Waals surface area contributed by atoms with Crippen LogP contribution in [0.25, 0.3) is 0 Å². The Morgan fingerprint density at radius 3 is 2.56 bits per heavy atom. The van der Waals surface area contributed by atoms with Crippen LogP contribution in [0, 0.1) is 11.7 Å². The van der Waals surface area contributed by atoms with Gasteiger partial charge in [0, 0.05) is 18.5 Å². The van der Waals surface area contributed by atoms with Crippen LogP contribution < -0.4 is 5.32 Å². The van der Waals surface area contributed by atoms with Gasteiger partial charge in [-0.1, -0.05) is 42.5 Å². The molecule has 25 heavy (non-hydrogen) atoms. The Morgan fingerprint density at radius 2 is 1.88 bits per heavy atom. The maximum atomic E-state index is 13.2. The van der Waals surface area contributed by atoms with Gasteiger partial charge in [-0.25, -0.2) is 4.39 Å². The second kappa shape index (κ2) is 8.26. The van der Waals surface area contributed by atoms with Crippen LogP contribution >= 0.6 is 0 Å². The molecule has 0 radical (unpaired) electrons. The fourth-order valence-electron chi connectivity index (χ4n) is 3.47. The number of likely N-dealkylation sites (tertiary alicyclic amines) is 1. The highest BCUT2D eigenvalue weighted by Gasteiger charge is 2.27. The fourth-order valence-corrected chi connectivity index (χ4v) is 3.47. The van der Waals surface area contributed by atoms with E-state index in [1.54, 1.807) is 6.07 Å². The number of piperidine rings is 1. The Labute approximate surface area is 148 Å². The number of carbonyl (C=O) groups is 1. The number of amides is 1. The van der Waals surface area contributed by atoms with Crippen LogP contribution in [0.2, 0.25) is 0 Å². The maximum Gasteiger partial charge on any atom is 0.223 e. The zero-order chi connectivity index (χ0) is 17.6. The topological polar surface area (TPSA) is 32.3 Å². The van der Waals surface area contributed by atoms with Gasteiger partial charge >= 0.3 is 0 Å². The normalized spacial score (nSPS) is 17.2. The third-order valence-electron chi connectivity index (χ3n) is 5.09. The summed E-state index contributed by atoms with van der Waals surface area (Å²) in [6.07, 6.45) is 1.73. The number of nitrogens with one attached hydrogen (secondary N) is 1. The number of carbonyl (C=O) groups excluding carboxylic acids is 1. The number of nitrogens with zero attached hydrogens (tertiary/aromatic N) is 1. The first-order valence-electron chi connectivity index (χ1n) is 8.94. The van der Waals surface area contributed by atoms with Crippen LogP contribution in [-0.4, -0.2) is 23.9 Å². The number of hydrogen-bond donors (Lipinski definition) is 1. The van der Waals surface area contributed by atoms with Gasteiger partial charge in [-0.2, -0.15) is 0 Å². The van der Waals surface area contributed by atoms with Crippen molar-refractivity contribution >= 4 is 5.91 Å². The van der Waals surface area contributed by atoms with Gasteiger partial charge in [-0.3, -0.25) is 9.69 Å². The summed E-state index contributed by atoms with van der Waals surface area (Å²) in [6.45, 7) is 4.46. The molecule has 1 heterocycles. The van der Waals surface area contributed by atoms with E-state index in [4.69, 9.17) is 0 Å². The number of halogens is 1. The zero-order valence-corrected chi connectivity index (χ0v) is 14.6. The van der Waals surface area contributed by atoms with Crippen molar-refractivity contribution in [1.82, 2.24) is 10.2 Å². The summed E-state index contributed by atoms with van der Waals surface area (Å²) in [5.74, 6) is -0.140. The first-order valence-corrected chi connectivity index (χ1v) is 8.94. The summed E-state index contributed by atoms with van der Waals surface area (Å²) in [7, 11) is 0. The van der Waals surface area contributed by atoms with Crippen molar-refractivity contribution < 1.29 is 9.18 Å². The van der Waals surface area contributed by atoms with Crippen LogP contribution in [0.1, 0.15) is 36.9 Å². The molecule has 2 aromatic carbocycles. The average Bonchev–Trinajstić information content (AvgIpc) is 2.66. The van der Waals surface area contributed by atoms with Crippen molar-refractivity contribution in [3.8, 4) is 0 Å². The molecule has 4 heteroatoms. The minimum absolute atomic E-state index is 0.0489. The Balaban J connectivity index is 1.47. The Morgan fingerprint density at radius 1 is 1.16 bits per heavy atom. The lowest BCUT2D eigenvalue weighted by Crippen LogP contribution is -2.41. The van der Waals surface area contributed by atoms with Crippen LogP contribution in [0.3, 0.4) is 0 Å². The van der Waals surface area contributed by atoms with E-state index in [0.29, 0.717) is 12.6 Å². The minimum Gasteiger partial charge on any atom is -0.352 e. The van der Waals surface area contributed by atoms with Crippen LogP contribution in [0.15, 0.2) is 54.6 Å². The highest BCUT2D eigenvalue weighted by molar-refractivity contribution is 5.78. The SMILES string of the molecule is CC(c1ccccc1)N1CCC(C(=O)NCc2cccc(F)c2)CC1. The van der Waals surface area contributed by atoms with E-state index >= 15 is 0 Å². The van der Waals surface area contributed by atoms with E-state index in [-0.39, 0.29) is 17.6 Å². The summed E-state index contributed by atoms with van der Waals surface area (Å²) in [6, 6.07) is 17.2. The Kier molecular flexibility index (Phi) is 5.82. The molecule has 1 aliphatic heterocycles. The van der Waals surface area contributed by atoms with Crippen molar-refractivity contribution in [2.24, 2.45) is 5.92 Å². The molecule has 1 N–H and O–H groups in total. The van der Waals surface area contributed by atoms with Crippen LogP contribution in [0.4, 0.5) is 4.39 Å². The largest absolute Gasteiger partial charge is 0.352 e. The third-order valence-corrected chi connectivity index (χ3v) is 5.09. The molecule has 2 aromatic rings. The molecule has 0 saturated carbocycles. The lowest BCUT2D eigenvalue weighted by molar-refractivity contribution is -0.126. The van der Waals surface area contributed by atoms with E-state index in [0.717, 1.165) is 31.5 Å². The van der Waals surface area contributed by atoms with E-state index in [9.17, 15) is 9.18 Å². The quantitative estimate of drug-likeness (QED) is 0.895. The van der Waals surface area contributed by atoms with Gasteiger partial charge < -0.3 is 5.32 Å². The smallest absolute Gasteiger partial charge is 0.223 e. The molecule has 3 rings (SSSR count). The molecule has 0 aliphatic carbocycles. The third kappa shape index (κ3) is 4.67. The van der Waals surface area contributed by atoms with E-state index < -0.39 is 0 Å². The predicted octanol–water partition coefficient (Wildman–Crippen LogP) is 3.92. The molecule has 1 saturated heterocycles. The van der Waals surface area contributed by atoms with Crippen LogP contribution in [-0.2, 0) is 11.3 Å². The molecule has 1 amide bonds. The molecular weight excluding hydrogens is 315 g/mol. The molecule has 3 nitrogen and oxygen atoms in total. The van der Waals surface area contributed by atoms with Crippen molar-refractivity contribution in [3.05, 3.63) is 71.5 Å². The Hall–Kier alpha value is -2.20. The molecular formula is C21H25FN2O. The minimum atomic E-state index is -0.269. The Bertz CT molecular complexity index is 696. The lowest BCUT2D eigenvalue weighted by atomic mass is 9.93. The molecule has 0 bridgehead atoms. The lowest BCUT2D eigenvalue weighted by Gasteiger charge is -2.35. The van der Waals surface area contributed by atoms with E-state index in [1.165, 1.54) is 17.7 Å². The standard InChI is InChI=1S/C21H25FN2O/c1-16(18-7-3-2-4-8-18)24-12-10-19(11-13-24)21(25)23-15-17-6-5-9-20(22)14-17/h2-9,14,16,19H,10-13,15H2,1H3,(H,23,25). The highest BCUT2D eigenvalue weighted by Crippen LogP contribution is 2.26. The fraction of sp³-hybridized carbons (Fsp3) is 0.381. The number of hydrogen-bond acceptors (Lipinski definition) is 2. The summed E-state index contributed by atoms with van der Waals surface area (Å²) in [4.78, 5) is 14.8. The molecule has 0 aromatic heterocycles. The summed E-state index contributed by atoms with van der Waals surface area (Å²) in [5, 5.41) is 2.95. The zero-order valence-electron chi connectivity index (χ0n) is 14.6. The first-order chi connectivity index (χ1) is 12.1. The molecule has 1 unspecified atom stereocenters. The second-order valence-electron chi connectivity index (χ2n) is 6.74. The van der Waals surface area contributed by atoms with Crippen molar-refractivity contribution in [2.75, 3.05) is 13.1 Å². The van der Waals surface area contributed by atoms with E-state index in [1.807, 2.05) is 12.1 Å². The second-order valence-corrected chi connectivity index (χ2v) is 6.74. The highest BCUT2D eigenvalue weighted by atomic mass is 19.1. The van der Waals surface area contributed by atoms with Gasteiger partial charge in [-0.05, 0) is 56.1 Å². The summed E-state index contributed by atoms with van der Waals surface area (Å²) in [5.41, 5.74) is 2.11. The van der Waals surface area contributed by atoms with Gasteiger partial charge in [0.05, 0.1) is 0 Å². The molecule has 0 spiro atoms. The molecule has 1 atom stereocenters. The van der Waals surface area contributed by atoms with Crippen LogP contribution in [0.5, 0.6) is 0 Å². The summed E-state index contributed by atoms with van der Waals surface area (Å²) >= 11 is 0. The first kappa shape index (κ1) is 17.6. The summed E-state index contributed by atoms with van der Waals surface area (Å²) < 4.78 is 13.2. The van der Waals surface area contributed by atoms with Gasteiger partial charge in [0.15, 0.2) is 0 Å². The predicted molar refractivity (Wildman–Crippen MR) is 97.4 cm³/mol. The molecule has 132 valence electrons. The van der Waals surface area contributed by atoms with Gasteiger partial charge in [-0.15, -0.1) is 0 Å². The van der Waals surface area contributed by atoms with Gasteiger partial charge in [0.1, 0.15) is 5.82 Å². The van der Waals surface area contributed by atoms with Crippen molar-refractivity contribution in [1.29, 1.82) is 0 Å². The van der Waals surface area contributed by atoms with E-state index in [2.05, 4.69) is 41.4 Å². The molecule has 1 aliphatic rings. The number of rotatable bonds is 5. The van der Waals surface area contributed by atoms with Crippen molar-refractivity contribution in [2.45, 2.75) is 32.4 Å².